The number of benzene rings is 1. The average Bonchev–Trinajstić information content (AvgIpc) is 3.13. The van der Waals surface area contributed by atoms with Gasteiger partial charge in [-0.05, 0) is 50.5 Å². The molecule has 0 radical (unpaired) electrons. The van der Waals surface area contributed by atoms with Crippen LogP contribution in [0, 0.1) is 13.8 Å². The topological polar surface area (TPSA) is 55.7 Å². The van der Waals surface area contributed by atoms with Crippen molar-refractivity contribution < 1.29 is 14.3 Å². The summed E-state index contributed by atoms with van der Waals surface area (Å²) >= 11 is 0. The molecule has 32 heavy (non-hydrogen) atoms. The van der Waals surface area contributed by atoms with Crippen molar-refractivity contribution in [3.63, 3.8) is 0 Å². The van der Waals surface area contributed by atoms with Gasteiger partial charge in [0.25, 0.3) is 5.91 Å². The third-order valence-corrected chi connectivity index (χ3v) is 6.80. The van der Waals surface area contributed by atoms with Crippen LogP contribution < -0.4 is 10.1 Å². The lowest BCUT2D eigenvalue weighted by molar-refractivity contribution is 0.0322. The maximum Gasteiger partial charge on any atom is 0.253 e. The van der Waals surface area contributed by atoms with Gasteiger partial charge < -0.3 is 19.4 Å². The fourth-order valence-corrected chi connectivity index (χ4v) is 5.05. The molecule has 1 aliphatic carbocycles. The van der Waals surface area contributed by atoms with Crippen molar-refractivity contribution in [2.75, 3.05) is 39.5 Å². The lowest BCUT2D eigenvalue weighted by Gasteiger charge is -2.26. The number of nitrogens with zero attached hydrogens (tertiary/aromatic N) is 2. The molecular weight excluding hydrogens is 402 g/mol. The summed E-state index contributed by atoms with van der Waals surface area (Å²) in [5.41, 5.74) is 4.12. The molecule has 1 saturated carbocycles. The normalized spacial score (nSPS) is 17.9. The zero-order valence-electron chi connectivity index (χ0n) is 19.6. The summed E-state index contributed by atoms with van der Waals surface area (Å²) in [5.74, 6) is 0.847. The Labute approximate surface area is 191 Å². The maximum absolute atomic E-state index is 12.9. The van der Waals surface area contributed by atoms with Gasteiger partial charge in [0.15, 0.2) is 0 Å². The molecule has 2 heterocycles. The van der Waals surface area contributed by atoms with Crippen molar-refractivity contribution in [2.24, 2.45) is 0 Å². The van der Waals surface area contributed by atoms with E-state index in [9.17, 15) is 4.79 Å². The number of rotatable bonds is 8. The van der Waals surface area contributed by atoms with E-state index in [-0.39, 0.29) is 5.91 Å². The molecule has 2 aromatic rings. The van der Waals surface area contributed by atoms with Crippen LogP contribution in [0.1, 0.15) is 65.5 Å². The first-order valence-corrected chi connectivity index (χ1v) is 12.1. The zero-order chi connectivity index (χ0) is 22.3. The van der Waals surface area contributed by atoms with Gasteiger partial charge in [-0.2, -0.15) is 0 Å². The van der Waals surface area contributed by atoms with Crippen molar-refractivity contribution >= 4 is 5.91 Å². The molecule has 6 heteroatoms. The summed E-state index contributed by atoms with van der Waals surface area (Å²) in [5, 5.41) is 3.10. The van der Waals surface area contributed by atoms with E-state index in [0.717, 1.165) is 55.4 Å². The average molecular weight is 440 g/mol. The standard InChI is InChI=1S/C26H37N3O3/c1-20-17-25(21(2)29(20)23-8-4-3-5-9-23)26(30)27-19-22-7-6-10-24(18-22)32-16-13-28-11-14-31-15-12-28/h6-7,10,17-18,23H,3-5,8-9,11-16,19H2,1-2H3,(H,27,30). The largest absolute Gasteiger partial charge is 0.492 e. The Morgan fingerprint density at radius 2 is 1.91 bits per heavy atom. The van der Waals surface area contributed by atoms with Crippen molar-refractivity contribution in [2.45, 2.75) is 58.5 Å². The van der Waals surface area contributed by atoms with Crippen LogP contribution in [0.25, 0.3) is 0 Å². The van der Waals surface area contributed by atoms with Crippen LogP contribution in [-0.4, -0.2) is 54.8 Å². The Morgan fingerprint density at radius 1 is 1.12 bits per heavy atom. The van der Waals surface area contributed by atoms with E-state index in [0.29, 0.717) is 19.2 Å². The third-order valence-electron chi connectivity index (χ3n) is 6.80. The summed E-state index contributed by atoms with van der Waals surface area (Å²) in [6, 6.07) is 10.6. The highest BCUT2D eigenvalue weighted by atomic mass is 16.5. The SMILES string of the molecule is Cc1cc(C(=O)NCc2cccc(OCCN3CCOCC3)c2)c(C)n1C1CCCCC1. The van der Waals surface area contributed by atoms with Crippen molar-refractivity contribution in [1.29, 1.82) is 0 Å². The van der Waals surface area contributed by atoms with Crippen molar-refractivity contribution in [3.05, 3.63) is 52.8 Å². The maximum atomic E-state index is 12.9. The number of morpholine rings is 1. The highest BCUT2D eigenvalue weighted by Crippen LogP contribution is 2.32. The Hall–Kier alpha value is -2.31. The number of aromatic nitrogens is 1. The van der Waals surface area contributed by atoms with Gasteiger partial charge in [-0.25, -0.2) is 0 Å². The minimum Gasteiger partial charge on any atom is -0.492 e. The monoisotopic (exact) mass is 439 g/mol. The van der Waals surface area contributed by atoms with Crippen LogP contribution in [-0.2, 0) is 11.3 Å². The summed E-state index contributed by atoms with van der Waals surface area (Å²) in [6.07, 6.45) is 6.34. The second-order valence-corrected chi connectivity index (χ2v) is 9.08. The smallest absolute Gasteiger partial charge is 0.253 e. The summed E-state index contributed by atoms with van der Waals surface area (Å²) in [4.78, 5) is 15.3. The summed E-state index contributed by atoms with van der Waals surface area (Å²) in [7, 11) is 0. The number of nitrogens with one attached hydrogen (secondary N) is 1. The highest BCUT2D eigenvalue weighted by Gasteiger charge is 2.22. The van der Waals surface area contributed by atoms with Gasteiger partial charge in [0.05, 0.1) is 18.8 Å². The van der Waals surface area contributed by atoms with Crippen LogP contribution in [0.2, 0.25) is 0 Å². The fraction of sp³-hybridized carbons (Fsp3) is 0.577. The van der Waals surface area contributed by atoms with E-state index in [1.54, 1.807) is 0 Å². The van der Waals surface area contributed by atoms with E-state index in [1.807, 2.05) is 30.3 Å². The Kier molecular flexibility index (Phi) is 7.87. The lowest BCUT2D eigenvalue weighted by atomic mass is 9.95. The van der Waals surface area contributed by atoms with E-state index >= 15 is 0 Å². The number of carbonyl (C=O) groups excluding carboxylic acids is 1. The molecule has 1 amide bonds. The van der Waals surface area contributed by atoms with E-state index < -0.39 is 0 Å². The predicted molar refractivity (Wildman–Crippen MR) is 126 cm³/mol. The molecule has 1 aromatic heterocycles. The van der Waals surface area contributed by atoms with Gasteiger partial charge in [0.1, 0.15) is 12.4 Å². The van der Waals surface area contributed by atoms with Gasteiger partial charge in [0.2, 0.25) is 0 Å². The molecule has 174 valence electrons. The van der Waals surface area contributed by atoms with Crippen LogP contribution in [0.15, 0.2) is 30.3 Å². The first-order valence-electron chi connectivity index (χ1n) is 12.1. The fourth-order valence-electron chi connectivity index (χ4n) is 5.05. The molecule has 1 saturated heterocycles. The lowest BCUT2D eigenvalue weighted by Crippen LogP contribution is -2.38. The zero-order valence-corrected chi connectivity index (χ0v) is 19.6. The molecule has 0 unspecified atom stereocenters. The van der Waals surface area contributed by atoms with Crippen LogP contribution in [0.3, 0.4) is 0 Å². The molecule has 0 atom stereocenters. The molecule has 2 aliphatic rings. The molecule has 1 N–H and O–H groups in total. The summed E-state index contributed by atoms with van der Waals surface area (Å²) < 4.78 is 13.7. The van der Waals surface area contributed by atoms with Crippen LogP contribution in [0.5, 0.6) is 5.75 Å². The van der Waals surface area contributed by atoms with Crippen LogP contribution >= 0.6 is 0 Å². The molecule has 0 bridgehead atoms. The molecule has 6 nitrogen and oxygen atoms in total. The first kappa shape index (κ1) is 22.9. The van der Waals surface area contributed by atoms with Gasteiger partial charge in [-0.3, -0.25) is 9.69 Å². The number of aryl methyl sites for hydroxylation is 1. The number of hydrogen-bond acceptors (Lipinski definition) is 4. The quantitative estimate of drug-likeness (QED) is 0.668. The van der Waals surface area contributed by atoms with E-state index in [4.69, 9.17) is 9.47 Å². The molecule has 0 spiro atoms. The Bertz CT molecular complexity index is 896. The predicted octanol–water partition coefficient (Wildman–Crippen LogP) is 4.25. The van der Waals surface area contributed by atoms with Crippen molar-refractivity contribution in [3.8, 4) is 5.75 Å². The molecule has 1 aromatic carbocycles. The second kappa shape index (κ2) is 11.0. The van der Waals surface area contributed by atoms with Gasteiger partial charge in [0, 0.05) is 43.6 Å². The summed E-state index contributed by atoms with van der Waals surface area (Å²) in [6.45, 7) is 9.80. The number of amides is 1. The van der Waals surface area contributed by atoms with Gasteiger partial charge in [-0.1, -0.05) is 31.4 Å². The number of ether oxygens (including phenoxy) is 2. The number of carbonyl (C=O) groups is 1. The Morgan fingerprint density at radius 3 is 2.69 bits per heavy atom. The first-order chi connectivity index (χ1) is 15.6. The van der Waals surface area contributed by atoms with E-state index in [2.05, 4.69) is 28.6 Å². The molecule has 4 rings (SSSR count). The molecular formula is C26H37N3O3. The second-order valence-electron chi connectivity index (χ2n) is 9.08. The Balaban J connectivity index is 1.30. The minimum absolute atomic E-state index is 0.00111. The van der Waals surface area contributed by atoms with E-state index in [1.165, 1.54) is 37.8 Å². The van der Waals surface area contributed by atoms with Crippen LogP contribution in [0.4, 0.5) is 0 Å². The highest BCUT2D eigenvalue weighted by molar-refractivity contribution is 5.95. The van der Waals surface area contributed by atoms with Gasteiger partial charge in [-0.15, -0.1) is 0 Å². The number of hydrogen-bond donors (Lipinski definition) is 1. The molecule has 2 fully saturated rings. The molecule has 1 aliphatic heterocycles. The minimum atomic E-state index is -0.00111. The van der Waals surface area contributed by atoms with Gasteiger partial charge >= 0.3 is 0 Å². The van der Waals surface area contributed by atoms with Crippen molar-refractivity contribution in [1.82, 2.24) is 14.8 Å². The third kappa shape index (κ3) is 5.73.